The maximum atomic E-state index is 13.7. The van der Waals surface area contributed by atoms with Crippen molar-refractivity contribution in [2.45, 2.75) is 42.1 Å². The summed E-state index contributed by atoms with van der Waals surface area (Å²) in [6, 6.07) is 3.22. The van der Waals surface area contributed by atoms with Crippen molar-refractivity contribution in [1.29, 1.82) is 0 Å². The first kappa shape index (κ1) is 18.0. The molecule has 1 atom stereocenters. The molecule has 1 aliphatic rings. The van der Waals surface area contributed by atoms with Crippen molar-refractivity contribution in [2.24, 2.45) is 0 Å². The Kier molecular flexibility index (Phi) is 4.66. The summed E-state index contributed by atoms with van der Waals surface area (Å²) in [6.07, 6.45) is 3.27. The van der Waals surface area contributed by atoms with Gasteiger partial charge in [-0.05, 0) is 49.9 Å². The van der Waals surface area contributed by atoms with Crippen molar-refractivity contribution in [1.82, 2.24) is 9.71 Å². The van der Waals surface area contributed by atoms with Gasteiger partial charge in [-0.1, -0.05) is 27.5 Å². The van der Waals surface area contributed by atoms with Crippen molar-refractivity contribution in [3.05, 3.63) is 34.6 Å². The quantitative estimate of drug-likeness (QED) is 0.575. The first-order valence-electron chi connectivity index (χ1n) is 7.52. The molecule has 8 heteroatoms. The predicted molar refractivity (Wildman–Crippen MR) is 97.1 cm³/mol. The van der Waals surface area contributed by atoms with Gasteiger partial charge in [0.25, 0.3) is 0 Å². The lowest BCUT2D eigenvalue weighted by atomic mass is 10.0. The molecule has 1 aromatic carbocycles. The molecule has 1 unspecified atom stereocenters. The standard InChI is InChI=1S/C16H17BrClFN2O2S/c1-16(2,19)8-21-24(22,23)13-5-9-3-4-12(17)15(9)11-7-20-14(18)6-10(11)13/h5-7,12,21H,3-4,8H2,1-2H3. The second-order valence-electron chi connectivity index (χ2n) is 6.55. The first-order valence-corrected chi connectivity index (χ1v) is 10.3. The van der Waals surface area contributed by atoms with Gasteiger partial charge < -0.3 is 0 Å². The molecular weight excluding hydrogens is 419 g/mol. The lowest BCUT2D eigenvalue weighted by molar-refractivity contribution is 0.221. The summed E-state index contributed by atoms with van der Waals surface area (Å²) in [5.74, 6) is 0. The molecule has 4 nitrogen and oxygen atoms in total. The van der Waals surface area contributed by atoms with Crippen LogP contribution in [0.2, 0.25) is 5.15 Å². The van der Waals surface area contributed by atoms with Crippen LogP contribution in [0.3, 0.4) is 0 Å². The molecule has 2 aromatic rings. The molecule has 0 amide bonds. The van der Waals surface area contributed by atoms with Gasteiger partial charge in [0.15, 0.2) is 0 Å². The molecule has 1 N–H and O–H groups in total. The Labute approximate surface area is 154 Å². The molecule has 0 spiro atoms. The molecule has 0 saturated carbocycles. The van der Waals surface area contributed by atoms with Gasteiger partial charge in [-0.15, -0.1) is 0 Å². The Morgan fingerprint density at radius 2 is 2.12 bits per heavy atom. The summed E-state index contributed by atoms with van der Waals surface area (Å²) in [5.41, 5.74) is 0.382. The van der Waals surface area contributed by atoms with E-state index in [1.807, 2.05) is 0 Å². The zero-order valence-corrected chi connectivity index (χ0v) is 16.4. The summed E-state index contributed by atoms with van der Waals surface area (Å²) in [7, 11) is -3.87. The third-order valence-corrected chi connectivity index (χ3v) is 6.59. The Morgan fingerprint density at radius 3 is 2.79 bits per heavy atom. The van der Waals surface area contributed by atoms with Gasteiger partial charge >= 0.3 is 0 Å². The fourth-order valence-electron chi connectivity index (χ4n) is 2.91. The average molecular weight is 436 g/mol. The molecular formula is C16H17BrClFN2O2S. The summed E-state index contributed by atoms with van der Waals surface area (Å²) in [4.78, 5) is 4.37. The summed E-state index contributed by atoms with van der Waals surface area (Å²) < 4.78 is 41.5. The fourth-order valence-corrected chi connectivity index (χ4v) is 5.28. The van der Waals surface area contributed by atoms with Crippen LogP contribution in [-0.4, -0.2) is 25.6 Å². The Hall–Kier alpha value is -0.760. The Morgan fingerprint density at radius 1 is 1.42 bits per heavy atom. The third-order valence-electron chi connectivity index (χ3n) is 4.03. The van der Waals surface area contributed by atoms with E-state index >= 15 is 0 Å². The zero-order valence-electron chi connectivity index (χ0n) is 13.2. The summed E-state index contributed by atoms with van der Waals surface area (Å²) >= 11 is 9.61. The molecule has 24 heavy (non-hydrogen) atoms. The van der Waals surface area contributed by atoms with E-state index in [1.54, 1.807) is 18.3 Å². The van der Waals surface area contributed by atoms with Gasteiger partial charge in [0.05, 0.1) is 4.90 Å². The van der Waals surface area contributed by atoms with E-state index in [1.165, 1.54) is 13.8 Å². The van der Waals surface area contributed by atoms with Crippen LogP contribution >= 0.6 is 27.5 Å². The molecule has 1 heterocycles. The number of hydrogen-bond donors (Lipinski definition) is 1. The molecule has 0 bridgehead atoms. The number of pyridine rings is 1. The lowest BCUT2D eigenvalue weighted by Crippen LogP contribution is -2.35. The van der Waals surface area contributed by atoms with Crippen molar-refractivity contribution >= 4 is 48.3 Å². The Balaban J connectivity index is 2.20. The molecule has 0 saturated heterocycles. The van der Waals surface area contributed by atoms with Crippen LogP contribution in [0.5, 0.6) is 0 Å². The number of sulfonamides is 1. The molecule has 0 aliphatic heterocycles. The highest BCUT2D eigenvalue weighted by molar-refractivity contribution is 9.09. The maximum Gasteiger partial charge on any atom is 0.241 e. The van der Waals surface area contributed by atoms with Crippen LogP contribution < -0.4 is 4.72 Å². The van der Waals surface area contributed by atoms with Gasteiger partial charge in [0.1, 0.15) is 10.8 Å². The second kappa shape index (κ2) is 6.20. The number of aromatic nitrogens is 1. The van der Waals surface area contributed by atoms with Crippen molar-refractivity contribution in [2.75, 3.05) is 6.54 Å². The highest BCUT2D eigenvalue weighted by Gasteiger charge is 2.29. The highest BCUT2D eigenvalue weighted by Crippen LogP contribution is 2.44. The lowest BCUT2D eigenvalue weighted by Gasteiger charge is -2.17. The van der Waals surface area contributed by atoms with Gasteiger partial charge in [0.2, 0.25) is 10.0 Å². The topological polar surface area (TPSA) is 59.1 Å². The van der Waals surface area contributed by atoms with E-state index < -0.39 is 15.7 Å². The predicted octanol–water partition coefficient (Wildman–Crippen LogP) is 4.30. The van der Waals surface area contributed by atoms with E-state index in [9.17, 15) is 12.8 Å². The third kappa shape index (κ3) is 3.45. The molecule has 3 rings (SSSR count). The van der Waals surface area contributed by atoms with E-state index in [0.29, 0.717) is 5.39 Å². The van der Waals surface area contributed by atoms with Gasteiger partial charge in [-0.25, -0.2) is 22.5 Å². The van der Waals surface area contributed by atoms with Crippen LogP contribution in [0.25, 0.3) is 10.8 Å². The number of alkyl halides is 2. The minimum atomic E-state index is -3.87. The number of halogens is 3. The largest absolute Gasteiger partial charge is 0.244 e. The normalized spacial score (nSPS) is 18.1. The molecule has 1 aliphatic carbocycles. The Bertz CT molecular complexity index is 912. The van der Waals surface area contributed by atoms with E-state index in [4.69, 9.17) is 11.6 Å². The SMILES string of the molecule is CC(C)(F)CNS(=O)(=O)c1cc2c(c3cnc(Cl)cc13)C(Br)CC2. The number of nitrogens with zero attached hydrogens (tertiary/aromatic N) is 1. The number of nitrogens with one attached hydrogen (secondary N) is 1. The number of fused-ring (bicyclic) bond motifs is 3. The summed E-state index contributed by atoms with van der Waals surface area (Å²) in [5, 5.41) is 1.48. The molecule has 130 valence electrons. The second-order valence-corrected chi connectivity index (χ2v) is 9.78. The molecule has 1 aromatic heterocycles. The minimum absolute atomic E-state index is 0.117. The number of hydrogen-bond acceptors (Lipinski definition) is 3. The molecule has 0 radical (unpaired) electrons. The van der Waals surface area contributed by atoms with Crippen molar-refractivity contribution in [3.63, 3.8) is 0 Å². The van der Waals surface area contributed by atoms with E-state index in [-0.39, 0.29) is 21.4 Å². The highest BCUT2D eigenvalue weighted by atomic mass is 79.9. The first-order chi connectivity index (χ1) is 11.1. The average Bonchev–Trinajstić information content (AvgIpc) is 2.85. The van der Waals surface area contributed by atoms with E-state index in [0.717, 1.165) is 29.4 Å². The van der Waals surface area contributed by atoms with Crippen LogP contribution in [0.1, 0.15) is 36.2 Å². The van der Waals surface area contributed by atoms with Crippen LogP contribution in [-0.2, 0) is 16.4 Å². The van der Waals surface area contributed by atoms with Crippen LogP contribution in [0.15, 0.2) is 23.2 Å². The number of rotatable bonds is 4. The van der Waals surface area contributed by atoms with Gasteiger partial charge in [0, 0.05) is 28.3 Å². The van der Waals surface area contributed by atoms with Gasteiger partial charge in [-0.3, -0.25) is 0 Å². The monoisotopic (exact) mass is 434 g/mol. The minimum Gasteiger partial charge on any atom is -0.244 e. The molecule has 0 fully saturated rings. The van der Waals surface area contributed by atoms with E-state index in [2.05, 4.69) is 25.6 Å². The zero-order chi connectivity index (χ0) is 17.7. The fraction of sp³-hybridized carbons (Fsp3) is 0.438. The van der Waals surface area contributed by atoms with Gasteiger partial charge in [-0.2, -0.15) is 0 Å². The van der Waals surface area contributed by atoms with Crippen LogP contribution in [0.4, 0.5) is 4.39 Å². The number of aryl methyl sites for hydroxylation is 1. The maximum absolute atomic E-state index is 13.7. The summed E-state index contributed by atoms with van der Waals surface area (Å²) in [6.45, 7) is 2.35. The van der Waals surface area contributed by atoms with Crippen molar-refractivity contribution in [3.8, 4) is 0 Å². The smallest absolute Gasteiger partial charge is 0.241 e. The van der Waals surface area contributed by atoms with Crippen molar-refractivity contribution < 1.29 is 12.8 Å². The van der Waals surface area contributed by atoms with Crippen LogP contribution in [0, 0.1) is 0 Å². The number of benzene rings is 1.